The van der Waals surface area contributed by atoms with Crippen LogP contribution in [0.1, 0.15) is 33.9 Å². The van der Waals surface area contributed by atoms with E-state index in [0.717, 1.165) is 22.1 Å². The molecular weight excluding hydrogens is 366 g/mol. The highest BCUT2D eigenvalue weighted by molar-refractivity contribution is 7.17. The van der Waals surface area contributed by atoms with E-state index in [1.807, 2.05) is 80.4 Å². The summed E-state index contributed by atoms with van der Waals surface area (Å²) < 4.78 is 0. The first-order chi connectivity index (χ1) is 12.5. The van der Waals surface area contributed by atoms with Gasteiger partial charge in [-0.3, -0.25) is 4.79 Å². The Balaban J connectivity index is 1.76. The maximum atomic E-state index is 12.7. The number of nitrogens with zero attached hydrogens (tertiary/aromatic N) is 2. The van der Waals surface area contributed by atoms with Crippen LogP contribution in [0.5, 0.6) is 0 Å². The fourth-order valence-corrected chi connectivity index (χ4v) is 3.67. The molecule has 0 fully saturated rings. The van der Waals surface area contributed by atoms with Gasteiger partial charge in [-0.2, -0.15) is 0 Å². The second kappa shape index (κ2) is 7.89. The molecule has 0 saturated heterocycles. The Morgan fingerprint density at radius 3 is 2.46 bits per heavy atom. The zero-order valence-corrected chi connectivity index (χ0v) is 16.4. The highest BCUT2D eigenvalue weighted by Gasteiger charge is 2.19. The number of carbonyl (C=O) groups excluding carboxylic acids is 1. The molecule has 3 aromatic rings. The Bertz CT molecular complexity index is 893. The number of nitrogens with one attached hydrogen (secondary N) is 1. The fourth-order valence-electron chi connectivity index (χ4n) is 2.60. The van der Waals surface area contributed by atoms with Crippen LogP contribution in [-0.2, 0) is 0 Å². The molecular formula is C20H20ClN3OS. The number of benzene rings is 2. The zero-order valence-electron chi connectivity index (χ0n) is 14.9. The summed E-state index contributed by atoms with van der Waals surface area (Å²) in [5, 5.41) is 4.50. The lowest BCUT2D eigenvalue weighted by molar-refractivity contribution is 0.0943. The molecule has 134 valence electrons. The number of aromatic nitrogens is 1. The van der Waals surface area contributed by atoms with E-state index in [0.29, 0.717) is 9.90 Å². The Morgan fingerprint density at radius 2 is 1.81 bits per heavy atom. The summed E-state index contributed by atoms with van der Waals surface area (Å²) in [5.74, 6) is -0.116. The number of para-hydroxylation sites is 1. The average Bonchev–Trinajstić information content (AvgIpc) is 3.04. The third-order valence-electron chi connectivity index (χ3n) is 4.14. The molecule has 1 amide bonds. The van der Waals surface area contributed by atoms with E-state index in [4.69, 9.17) is 11.6 Å². The quantitative estimate of drug-likeness (QED) is 0.642. The van der Waals surface area contributed by atoms with Crippen molar-refractivity contribution in [1.29, 1.82) is 0 Å². The molecule has 0 radical (unpaired) electrons. The van der Waals surface area contributed by atoms with Crippen molar-refractivity contribution in [3.63, 3.8) is 0 Å². The number of anilines is 2. The minimum atomic E-state index is -0.116. The van der Waals surface area contributed by atoms with Gasteiger partial charge in [0.05, 0.1) is 11.7 Å². The van der Waals surface area contributed by atoms with Gasteiger partial charge in [0, 0.05) is 17.8 Å². The standard InChI is InChI=1S/C20H20ClN3OS/c1-13(15-9-11-16(21)12-10-15)22-19(25)18-14(2)23-20(26-18)24(3)17-7-5-4-6-8-17/h4-13H,1-3H3,(H,22,25)/t13-/m0/s1. The van der Waals surface area contributed by atoms with Crippen molar-refractivity contribution >= 4 is 39.7 Å². The molecule has 26 heavy (non-hydrogen) atoms. The number of thiazole rings is 1. The van der Waals surface area contributed by atoms with Crippen molar-refractivity contribution in [2.75, 3.05) is 11.9 Å². The van der Waals surface area contributed by atoms with E-state index in [1.165, 1.54) is 11.3 Å². The van der Waals surface area contributed by atoms with Crippen LogP contribution in [0, 0.1) is 6.92 Å². The van der Waals surface area contributed by atoms with E-state index in [9.17, 15) is 4.79 Å². The van der Waals surface area contributed by atoms with Crippen molar-refractivity contribution in [2.45, 2.75) is 19.9 Å². The fraction of sp³-hybridized carbons (Fsp3) is 0.200. The number of rotatable bonds is 5. The lowest BCUT2D eigenvalue weighted by atomic mass is 10.1. The number of amides is 1. The second-order valence-corrected chi connectivity index (χ2v) is 7.47. The molecule has 2 aromatic carbocycles. The number of hydrogen-bond acceptors (Lipinski definition) is 4. The first-order valence-electron chi connectivity index (χ1n) is 8.28. The van der Waals surface area contributed by atoms with Crippen molar-refractivity contribution in [2.24, 2.45) is 0 Å². The summed E-state index contributed by atoms with van der Waals surface area (Å²) in [6.45, 7) is 3.81. The van der Waals surface area contributed by atoms with Gasteiger partial charge in [-0.1, -0.05) is 53.3 Å². The lowest BCUT2D eigenvalue weighted by Gasteiger charge is -2.15. The Kier molecular flexibility index (Phi) is 5.59. The number of carbonyl (C=O) groups is 1. The first kappa shape index (κ1) is 18.4. The van der Waals surface area contributed by atoms with E-state index in [1.54, 1.807) is 0 Å². The minimum Gasteiger partial charge on any atom is -0.345 e. The molecule has 1 aromatic heterocycles. The molecule has 1 atom stereocenters. The predicted molar refractivity (Wildman–Crippen MR) is 109 cm³/mol. The zero-order chi connectivity index (χ0) is 18.7. The van der Waals surface area contributed by atoms with Crippen LogP contribution in [0.25, 0.3) is 0 Å². The lowest BCUT2D eigenvalue weighted by Crippen LogP contribution is -2.26. The van der Waals surface area contributed by atoms with E-state index >= 15 is 0 Å². The van der Waals surface area contributed by atoms with Gasteiger partial charge in [0.15, 0.2) is 5.13 Å². The first-order valence-corrected chi connectivity index (χ1v) is 9.47. The molecule has 0 saturated carbocycles. The third kappa shape index (κ3) is 4.06. The molecule has 0 aliphatic carbocycles. The third-order valence-corrected chi connectivity index (χ3v) is 5.62. The number of aryl methyl sites for hydroxylation is 1. The van der Waals surface area contributed by atoms with E-state index in [2.05, 4.69) is 10.3 Å². The van der Waals surface area contributed by atoms with Crippen LogP contribution in [0.15, 0.2) is 54.6 Å². The Labute approximate surface area is 162 Å². The highest BCUT2D eigenvalue weighted by Crippen LogP contribution is 2.30. The van der Waals surface area contributed by atoms with Crippen LogP contribution in [0.2, 0.25) is 5.02 Å². The number of halogens is 1. The average molecular weight is 386 g/mol. The van der Waals surface area contributed by atoms with E-state index < -0.39 is 0 Å². The summed E-state index contributed by atoms with van der Waals surface area (Å²) in [6, 6.07) is 17.3. The van der Waals surface area contributed by atoms with E-state index in [-0.39, 0.29) is 11.9 Å². The maximum Gasteiger partial charge on any atom is 0.263 e. The molecule has 4 nitrogen and oxygen atoms in total. The van der Waals surface area contributed by atoms with Gasteiger partial charge in [-0.25, -0.2) is 4.98 Å². The van der Waals surface area contributed by atoms with Crippen molar-refractivity contribution < 1.29 is 4.79 Å². The smallest absolute Gasteiger partial charge is 0.263 e. The van der Waals surface area contributed by atoms with Crippen LogP contribution in [0.4, 0.5) is 10.8 Å². The van der Waals surface area contributed by atoms with Crippen LogP contribution in [-0.4, -0.2) is 17.9 Å². The molecule has 6 heteroatoms. The molecule has 1 heterocycles. The highest BCUT2D eigenvalue weighted by atomic mass is 35.5. The molecule has 1 N–H and O–H groups in total. The Hall–Kier alpha value is -2.37. The van der Waals surface area contributed by atoms with Gasteiger partial charge in [0.1, 0.15) is 4.88 Å². The molecule has 0 aliphatic heterocycles. The molecule has 0 spiro atoms. The van der Waals surface area contributed by atoms with Crippen LogP contribution >= 0.6 is 22.9 Å². The summed E-state index contributed by atoms with van der Waals surface area (Å²) in [7, 11) is 1.95. The topological polar surface area (TPSA) is 45.2 Å². The van der Waals surface area contributed by atoms with Gasteiger partial charge in [-0.05, 0) is 43.7 Å². The van der Waals surface area contributed by atoms with Gasteiger partial charge < -0.3 is 10.2 Å². The molecule has 0 unspecified atom stereocenters. The molecule has 0 aliphatic rings. The minimum absolute atomic E-state index is 0.114. The molecule has 0 bridgehead atoms. The normalized spacial score (nSPS) is 11.8. The van der Waals surface area contributed by atoms with Gasteiger partial charge in [0.2, 0.25) is 0 Å². The van der Waals surface area contributed by atoms with Crippen LogP contribution in [0.3, 0.4) is 0 Å². The monoisotopic (exact) mass is 385 g/mol. The summed E-state index contributed by atoms with van der Waals surface area (Å²) in [6.07, 6.45) is 0. The SMILES string of the molecule is Cc1nc(N(C)c2ccccc2)sc1C(=O)N[C@@H](C)c1ccc(Cl)cc1. The second-order valence-electron chi connectivity index (χ2n) is 6.05. The summed E-state index contributed by atoms with van der Waals surface area (Å²) in [5.41, 5.74) is 2.77. The van der Waals surface area contributed by atoms with Crippen molar-refractivity contribution in [3.8, 4) is 0 Å². The predicted octanol–water partition coefficient (Wildman–Crippen LogP) is 5.36. The largest absolute Gasteiger partial charge is 0.345 e. The van der Waals surface area contributed by atoms with Crippen molar-refractivity contribution in [3.05, 3.63) is 75.8 Å². The van der Waals surface area contributed by atoms with Gasteiger partial charge >= 0.3 is 0 Å². The van der Waals surface area contributed by atoms with Crippen molar-refractivity contribution in [1.82, 2.24) is 10.3 Å². The number of hydrogen-bond donors (Lipinski definition) is 1. The van der Waals surface area contributed by atoms with Crippen LogP contribution < -0.4 is 10.2 Å². The van der Waals surface area contributed by atoms with Gasteiger partial charge in [0.25, 0.3) is 5.91 Å². The Morgan fingerprint density at radius 1 is 1.15 bits per heavy atom. The summed E-state index contributed by atoms with van der Waals surface area (Å²) in [4.78, 5) is 19.9. The molecule has 3 rings (SSSR count). The summed E-state index contributed by atoms with van der Waals surface area (Å²) >= 11 is 7.31. The van der Waals surface area contributed by atoms with Gasteiger partial charge in [-0.15, -0.1) is 0 Å². The maximum absolute atomic E-state index is 12.7.